The Balaban J connectivity index is 2.44. The van der Waals surface area contributed by atoms with Crippen LogP contribution in [0.15, 0.2) is 0 Å². The van der Waals surface area contributed by atoms with Crippen molar-refractivity contribution in [3.8, 4) is 0 Å². The number of carbonyl (C=O) groups is 1. The van der Waals surface area contributed by atoms with E-state index in [4.69, 9.17) is 5.11 Å². The highest BCUT2D eigenvalue weighted by atomic mass is 32.2. The lowest BCUT2D eigenvalue weighted by Gasteiger charge is -2.29. The number of thioether (sulfide) groups is 1. The fourth-order valence-electron chi connectivity index (χ4n) is 1.44. The van der Waals surface area contributed by atoms with Gasteiger partial charge in [-0.05, 0) is 12.8 Å². The minimum Gasteiger partial charge on any atom is -0.395 e. The topological polar surface area (TPSA) is 40.5 Å². The molecule has 0 saturated carbocycles. The average molecular weight is 203 g/mol. The van der Waals surface area contributed by atoms with Crippen LogP contribution in [0, 0.1) is 0 Å². The second-order valence-electron chi connectivity index (χ2n) is 3.52. The smallest absolute Gasteiger partial charge is 0.235 e. The van der Waals surface area contributed by atoms with Crippen LogP contribution in [0.2, 0.25) is 0 Å². The van der Waals surface area contributed by atoms with Crippen molar-refractivity contribution in [2.24, 2.45) is 0 Å². The molecular formula is C9H17NO2S. The van der Waals surface area contributed by atoms with Gasteiger partial charge in [0.1, 0.15) is 0 Å². The zero-order valence-corrected chi connectivity index (χ0v) is 9.01. The first-order valence-electron chi connectivity index (χ1n) is 4.66. The Bertz CT molecular complexity index is 186. The Kier molecular flexibility index (Phi) is 4.06. The van der Waals surface area contributed by atoms with Gasteiger partial charge in [0.25, 0.3) is 0 Å². The molecule has 1 heterocycles. The molecule has 0 bridgehead atoms. The standard InChI is InChI=1S/C9H17NO2S/c1-7(6-11)13-8-4-3-5-10(2)9(8)12/h7-8,11H,3-6H2,1-2H3. The predicted molar refractivity (Wildman–Crippen MR) is 54.8 cm³/mol. The molecule has 1 fully saturated rings. The summed E-state index contributed by atoms with van der Waals surface area (Å²) in [6.07, 6.45) is 2.04. The van der Waals surface area contributed by atoms with Crippen LogP contribution in [0.1, 0.15) is 19.8 Å². The summed E-state index contributed by atoms with van der Waals surface area (Å²) in [5, 5.41) is 9.11. The highest BCUT2D eigenvalue weighted by Gasteiger charge is 2.27. The zero-order valence-electron chi connectivity index (χ0n) is 8.19. The molecule has 2 unspecified atom stereocenters. The molecule has 0 aromatic carbocycles. The van der Waals surface area contributed by atoms with Crippen LogP contribution in [-0.4, -0.2) is 46.6 Å². The molecule has 1 amide bonds. The summed E-state index contributed by atoms with van der Waals surface area (Å²) in [5.74, 6) is 0.219. The Morgan fingerprint density at radius 1 is 1.77 bits per heavy atom. The van der Waals surface area contributed by atoms with E-state index in [1.165, 1.54) is 0 Å². The molecule has 0 spiro atoms. The third kappa shape index (κ3) is 2.88. The van der Waals surface area contributed by atoms with Gasteiger partial charge in [-0.25, -0.2) is 0 Å². The number of nitrogens with zero attached hydrogens (tertiary/aromatic N) is 1. The molecule has 1 aliphatic rings. The molecule has 0 aromatic rings. The van der Waals surface area contributed by atoms with E-state index < -0.39 is 0 Å². The van der Waals surface area contributed by atoms with Gasteiger partial charge in [0.05, 0.1) is 11.9 Å². The molecule has 4 heteroatoms. The van der Waals surface area contributed by atoms with Crippen molar-refractivity contribution in [2.75, 3.05) is 20.2 Å². The first-order valence-corrected chi connectivity index (χ1v) is 5.60. The van der Waals surface area contributed by atoms with E-state index in [-0.39, 0.29) is 23.0 Å². The highest BCUT2D eigenvalue weighted by Crippen LogP contribution is 2.26. The van der Waals surface area contributed by atoms with Crippen LogP contribution >= 0.6 is 11.8 Å². The van der Waals surface area contributed by atoms with Crippen molar-refractivity contribution in [1.29, 1.82) is 0 Å². The van der Waals surface area contributed by atoms with E-state index in [0.29, 0.717) is 0 Å². The van der Waals surface area contributed by atoms with Gasteiger partial charge in [-0.3, -0.25) is 4.79 Å². The number of aliphatic hydroxyl groups is 1. The lowest BCUT2D eigenvalue weighted by molar-refractivity contribution is -0.131. The van der Waals surface area contributed by atoms with Crippen LogP contribution in [0.5, 0.6) is 0 Å². The molecular weight excluding hydrogens is 186 g/mol. The average Bonchev–Trinajstić information content (AvgIpc) is 2.13. The summed E-state index contributed by atoms with van der Waals surface area (Å²) >= 11 is 1.59. The van der Waals surface area contributed by atoms with Crippen molar-refractivity contribution in [3.63, 3.8) is 0 Å². The van der Waals surface area contributed by atoms with Crippen LogP contribution in [0.25, 0.3) is 0 Å². The summed E-state index contributed by atoms with van der Waals surface area (Å²) in [6, 6.07) is 0. The number of aliphatic hydroxyl groups excluding tert-OH is 1. The lowest BCUT2D eigenvalue weighted by atomic mass is 10.1. The molecule has 0 aliphatic carbocycles. The predicted octanol–water partition coefficient (Wildman–Crippen LogP) is 0.721. The summed E-state index contributed by atoms with van der Waals surface area (Å²) in [6.45, 7) is 2.98. The normalized spacial score (nSPS) is 26.2. The quantitative estimate of drug-likeness (QED) is 0.735. The van der Waals surface area contributed by atoms with Gasteiger partial charge in [-0.15, -0.1) is 11.8 Å². The minimum atomic E-state index is 0.0703. The van der Waals surface area contributed by atoms with E-state index in [0.717, 1.165) is 19.4 Å². The van der Waals surface area contributed by atoms with Crippen molar-refractivity contribution >= 4 is 17.7 Å². The van der Waals surface area contributed by atoms with Crippen LogP contribution in [-0.2, 0) is 4.79 Å². The van der Waals surface area contributed by atoms with Gasteiger partial charge in [0.15, 0.2) is 0 Å². The lowest BCUT2D eigenvalue weighted by Crippen LogP contribution is -2.40. The molecule has 1 rings (SSSR count). The number of piperidine rings is 1. The molecule has 2 atom stereocenters. The number of hydrogen-bond donors (Lipinski definition) is 1. The first-order chi connectivity index (χ1) is 6.15. The number of likely N-dealkylation sites (tertiary alicyclic amines) is 1. The molecule has 0 radical (unpaired) electrons. The van der Waals surface area contributed by atoms with Crippen LogP contribution in [0.3, 0.4) is 0 Å². The molecule has 13 heavy (non-hydrogen) atoms. The number of hydrogen-bond acceptors (Lipinski definition) is 3. The monoisotopic (exact) mass is 203 g/mol. The molecule has 1 N–H and O–H groups in total. The van der Waals surface area contributed by atoms with Gasteiger partial charge in [0.2, 0.25) is 5.91 Å². The van der Waals surface area contributed by atoms with E-state index in [9.17, 15) is 4.79 Å². The maximum atomic E-state index is 11.6. The van der Waals surface area contributed by atoms with Crippen molar-refractivity contribution in [3.05, 3.63) is 0 Å². The van der Waals surface area contributed by atoms with Crippen LogP contribution in [0.4, 0.5) is 0 Å². The highest BCUT2D eigenvalue weighted by molar-refractivity contribution is 8.01. The first kappa shape index (κ1) is 10.9. The Hall–Kier alpha value is -0.220. The van der Waals surface area contributed by atoms with Gasteiger partial charge < -0.3 is 10.0 Å². The molecule has 76 valence electrons. The maximum absolute atomic E-state index is 11.6. The third-order valence-electron chi connectivity index (χ3n) is 2.27. The van der Waals surface area contributed by atoms with Crippen molar-refractivity contribution in [2.45, 2.75) is 30.3 Å². The van der Waals surface area contributed by atoms with Gasteiger partial charge >= 0.3 is 0 Å². The SMILES string of the molecule is CC(CO)SC1CCCN(C)C1=O. The maximum Gasteiger partial charge on any atom is 0.235 e. The number of rotatable bonds is 3. The Morgan fingerprint density at radius 2 is 2.46 bits per heavy atom. The second-order valence-corrected chi connectivity index (χ2v) is 5.17. The fourth-order valence-corrected chi connectivity index (χ4v) is 2.69. The summed E-state index contributed by atoms with van der Waals surface area (Å²) in [4.78, 5) is 13.4. The zero-order chi connectivity index (χ0) is 9.84. The van der Waals surface area contributed by atoms with E-state index in [1.54, 1.807) is 16.7 Å². The van der Waals surface area contributed by atoms with Crippen molar-refractivity contribution < 1.29 is 9.90 Å². The Morgan fingerprint density at radius 3 is 3.08 bits per heavy atom. The van der Waals surface area contributed by atoms with Crippen molar-refractivity contribution in [1.82, 2.24) is 4.90 Å². The molecule has 1 aliphatic heterocycles. The molecule has 0 aromatic heterocycles. The third-order valence-corrected chi connectivity index (χ3v) is 3.64. The van der Waals surface area contributed by atoms with Crippen LogP contribution < -0.4 is 0 Å². The van der Waals surface area contributed by atoms with E-state index in [2.05, 4.69) is 0 Å². The molecule has 1 saturated heterocycles. The number of carbonyl (C=O) groups excluding carboxylic acids is 1. The second kappa shape index (κ2) is 4.86. The minimum absolute atomic E-state index is 0.0703. The molecule has 3 nitrogen and oxygen atoms in total. The fraction of sp³-hybridized carbons (Fsp3) is 0.889. The van der Waals surface area contributed by atoms with Gasteiger partial charge in [-0.2, -0.15) is 0 Å². The summed E-state index contributed by atoms with van der Waals surface area (Å²) in [7, 11) is 1.85. The number of amides is 1. The van der Waals surface area contributed by atoms with E-state index >= 15 is 0 Å². The van der Waals surface area contributed by atoms with Gasteiger partial charge in [0, 0.05) is 18.8 Å². The van der Waals surface area contributed by atoms with Gasteiger partial charge in [-0.1, -0.05) is 6.92 Å². The van der Waals surface area contributed by atoms with E-state index in [1.807, 2.05) is 14.0 Å². The largest absolute Gasteiger partial charge is 0.395 e. The summed E-state index contributed by atoms with van der Waals surface area (Å²) in [5.41, 5.74) is 0. The Labute approximate surface area is 83.5 Å². The summed E-state index contributed by atoms with van der Waals surface area (Å²) < 4.78 is 0.